The first kappa shape index (κ1) is 59.6. The number of rotatable bonds is 24. The van der Waals surface area contributed by atoms with Gasteiger partial charge < -0.3 is 54.8 Å². The lowest BCUT2D eigenvalue weighted by Crippen LogP contribution is -2.53. The van der Waals surface area contributed by atoms with Crippen LogP contribution in [0.1, 0.15) is 97.6 Å². The number of anilines is 2. The molecule has 5 N–H and O–H groups in total. The summed E-state index contributed by atoms with van der Waals surface area (Å²) in [5.74, 6) is -1.37. The van der Waals surface area contributed by atoms with E-state index >= 15 is 0 Å². The van der Waals surface area contributed by atoms with Crippen LogP contribution in [-0.2, 0) is 34.1 Å². The summed E-state index contributed by atoms with van der Waals surface area (Å²) in [5, 5.41) is 9.63. The van der Waals surface area contributed by atoms with Crippen LogP contribution in [0.25, 0.3) is 11.1 Å². The molecule has 442 valence electrons. The van der Waals surface area contributed by atoms with Crippen LogP contribution in [0.5, 0.6) is 28.7 Å². The predicted octanol–water partition coefficient (Wildman–Crippen LogP) is 6.50. The summed E-state index contributed by atoms with van der Waals surface area (Å²) < 4.78 is 65.0. The zero-order valence-electron chi connectivity index (χ0n) is 47.2. The van der Waals surface area contributed by atoms with Crippen molar-refractivity contribution in [1.82, 2.24) is 25.3 Å². The van der Waals surface area contributed by atoms with E-state index in [0.717, 1.165) is 21.6 Å². The minimum atomic E-state index is -4.74. The first-order valence-corrected chi connectivity index (χ1v) is 29.0. The maximum Gasteiger partial charge on any atom is 0.288 e. The zero-order valence-corrected chi connectivity index (χ0v) is 48.0. The SMILES string of the molecule is COc1ccc(C2=CN3C(=O)c4cc(OC)c(OCCCOc5cc6c(cc5OC)C(=O)N5C=C(c7ccc(NC(=O)C(C)NC(=O)C(NC(=O)CCCCCN8C(=O)C=CC8=O)C(C)C)cc7)CC5C=N6)cc4NC(S(=O)(=O)O)C3C2)cc1. The molecule has 24 heteroatoms. The van der Waals surface area contributed by atoms with E-state index in [4.69, 9.17) is 28.7 Å². The van der Waals surface area contributed by atoms with Crippen molar-refractivity contribution in [2.24, 2.45) is 10.9 Å². The number of amides is 7. The number of fused-ring (bicyclic) bond motifs is 4. The largest absolute Gasteiger partial charge is 0.497 e. The number of carbonyl (C=O) groups excluding carboxylic acids is 7. The Morgan fingerprint density at radius 1 is 0.702 bits per heavy atom. The van der Waals surface area contributed by atoms with Crippen molar-refractivity contribution in [2.75, 3.05) is 51.7 Å². The van der Waals surface area contributed by atoms with Crippen molar-refractivity contribution in [3.05, 3.63) is 120 Å². The minimum Gasteiger partial charge on any atom is -0.497 e. The smallest absolute Gasteiger partial charge is 0.288 e. The van der Waals surface area contributed by atoms with E-state index in [9.17, 15) is 46.5 Å². The number of methoxy groups -OCH3 is 3. The Morgan fingerprint density at radius 3 is 1.94 bits per heavy atom. The minimum absolute atomic E-state index is 0.0993. The molecule has 23 nitrogen and oxygen atoms in total. The molecule has 7 amide bonds. The Bertz CT molecular complexity index is 3470. The number of aliphatic imine (C=N–C) groups is 1. The van der Waals surface area contributed by atoms with E-state index in [1.54, 1.807) is 87.8 Å². The lowest BCUT2D eigenvalue weighted by molar-refractivity contribution is -0.137. The molecule has 0 radical (unpaired) electrons. The number of benzene rings is 4. The Kier molecular flexibility index (Phi) is 18.2. The second-order valence-corrected chi connectivity index (χ2v) is 22.6. The molecule has 0 fully saturated rings. The van der Waals surface area contributed by atoms with E-state index in [-0.39, 0.29) is 84.9 Å². The molecule has 0 aromatic heterocycles. The van der Waals surface area contributed by atoms with Gasteiger partial charge in [0.1, 0.15) is 17.8 Å². The number of nitrogens with zero attached hydrogens (tertiary/aromatic N) is 4. The number of hydrogen-bond donors (Lipinski definition) is 5. The van der Waals surface area contributed by atoms with Gasteiger partial charge in [0.15, 0.2) is 28.4 Å². The summed E-state index contributed by atoms with van der Waals surface area (Å²) in [6.07, 6.45) is 10.3. The van der Waals surface area contributed by atoms with Gasteiger partial charge in [0, 0.05) is 74.4 Å². The van der Waals surface area contributed by atoms with E-state index in [1.165, 1.54) is 43.4 Å². The van der Waals surface area contributed by atoms with Gasteiger partial charge in [-0.1, -0.05) is 44.5 Å². The number of ether oxygens (including phenoxy) is 5. The first-order valence-electron chi connectivity index (χ1n) is 27.5. The highest BCUT2D eigenvalue weighted by Crippen LogP contribution is 2.43. The molecule has 0 saturated heterocycles. The topological polar surface area (TPSA) is 290 Å². The molecule has 5 atom stereocenters. The molecule has 5 unspecified atom stereocenters. The van der Waals surface area contributed by atoms with Crippen molar-refractivity contribution in [2.45, 2.75) is 95.3 Å². The molecular weight excluding hydrogens is 1100 g/mol. The normalized spacial score (nSPS) is 18.5. The molecule has 0 spiro atoms. The molecule has 0 saturated carbocycles. The Balaban J connectivity index is 0.760. The summed E-state index contributed by atoms with van der Waals surface area (Å²) in [6.45, 7) is 5.63. The second-order valence-electron chi connectivity index (χ2n) is 21.0. The third-order valence-corrected chi connectivity index (χ3v) is 16.1. The molecule has 84 heavy (non-hydrogen) atoms. The van der Waals surface area contributed by atoms with E-state index in [2.05, 4.69) is 21.3 Å². The Labute approximate surface area is 485 Å². The van der Waals surface area contributed by atoms with Gasteiger partial charge in [0.2, 0.25) is 17.7 Å². The zero-order chi connectivity index (χ0) is 60.0. The number of hydrogen-bond acceptors (Lipinski definition) is 16. The molecule has 5 aliphatic rings. The van der Waals surface area contributed by atoms with E-state index in [1.807, 2.05) is 24.3 Å². The van der Waals surface area contributed by atoms with Crippen LogP contribution >= 0.6 is 0 Å². The number of unbranched alkanes of at least 4 members (excludes halogenated alkanes) is 2. The average molecular weight is 1170 g/mol. The number of nitrogens with one attached hydrogen (secondary N) is 4. The molecular formula is C60H66N8O15S. The summed E-state index contributed by atoms with van der Waals surface area (Å²) in [6, 6.07) is 17.2. The van der Waals surface area contributed by atoms with Crippen molar-refractivity contribution in [3.63, 3.8) is 0 Å². The molecule has 0 bridgehead atoms. The van der Waals surface area contributed by atoms with Gasteiger partial charge >= 0.3 is 0 Å². The molecule has 0 aliphatic carbocycles. The molecule has 4 aromatic rings. The van der Waals surface area contributed by atoms with Crippen LogP contribution in [0, 0.1) is 5.92 Å². The van der Waals surface area contributed by atoms with Gasteiger partial charge in [-0.25, -0.2) is 0 Å². The highest BCUT2D eigenvalue weighted by atomic mass is 32.2. The van der Waals surface area contributed by atoms with Gasteiger partial charge in [0.05, 0.1) is 69.1 Å². The monoisotopic (exact) mass is 1170 g/mol. The van der Waals surface area contributed by atoms with Crippen LogP contribution in [0.4, 0.5) is 17.1 Å². The van der Waals surface area contributed by atoms with Gasteiger partial charge in [0.25, 0.3) is 33.7 Å². The lowest BCUT2D eigenvalue weighted by atomic mass is 10.0. The Morgan fingerprint density at radius 2 is 1.31 bits per heavy atom. The van der Waals surface area contributed by atoms with Crippen molar-refractivity contribution in [3.8, 4) is 28.7 Å². The lowest BCUT2D eigenvalue weighted by Gasteiger charge is -2.26. The molecule has 4 aromatic carbocycles. The van der Waals surface area contributed by atoms with Crippen LogP contribution in [0.15, 0.2) is 102 Å². The highest BCUT2D eigenvalue weighted by molar-refractivity contribution is 7.86. The van der Waals surface area contributed by atoms with E-state index < -0.39 is 57.4 Å². The molecule has 5 aliphatic heterocycles. The van der Waals surface area contributed by atoms with Crippen LogP contribution in [0.2, 0.25) is 0 Å². The maximum absolute atomic E-state index is 14.1. The second kappa shape index (κ2) is 25.6. The standard InChI is InChI=1S/C60H66N8O15S/c1-34(2)55(65-52(69)11-8-7-9-22-66-53(70)20-21-54(66)71)57(73)62-35(3)56(72)63-40-16-12-36(13-17-40)38-25-41-31-61-45-29-50(48(80-5)27-43(45)59(74)67(41)32-38)82-23-10-24-83-51-30-46-44(28-49(51)81-6)60(75)68-33-39(37-14-18-42(79-4)19-15-37)26-47(68)58(64-46)84(76,77)78/h12-21,27-35,41,47,55,58,64H,7-11,22-26H2,1-6H3,(H,62,73)(H,63,72)(H,65,69)(H,76,77,78). The maximum atomic E-state index is 14.1. The third kappa shape index (κ3) is 13.2. The highest BCUT2D eigenvalue weighted by Gasteiger charge is 2.45. The van der Waals surface area contributed by atoms with Crippen molar-refractivity contribution >= 4 is 85.9 Å². The summed E-state index contributed by atoms with van der Waals surface area (Å²) >= 11 is 0. The van der Waals surface area contributed by atoms with Crippen LogP contribution < -0.4 is 45.0 Å². The van der Waals surface area contributed by atoms with E-state index in [0.29, 0.717) is 71.9 Å². The van der Waals surface area contributed by atoms with Gasteiger partial charge in [-0.2, -0.15) is 8.42 Å². The average Bonchev–Trinajstić information content (AvgIpc) is 2.30. The summed E-state index contributed by atoms with van der Waals surface area (Å²) in [7, 11) is -0.316. The fourth-order valence-electron chi connectivity index (χ4n) is 10.4. The predicted molar refractivity (Wildman–Crippen MR) is 311 cm³/mol. The van der Waals surface area contributed by atoms with Crippen molar-refractivity contribution < 1.29 is 70.2 Å². The summed E-state index contributed by atoms with van der Waals surface area (Å²) in [5.41, 5.74) is 4.54. The number of imide groups is 1. The van der Waals surface area contributed by atoms with Crippen molar-refractivity contribution in [1.29, 1.82) is 0 Å². The Hall–Kier alpha value is -9.03. The van der Waals surface area contributed by atoms with Gasteiger partial charge in [-0.3, -0.25) is 48.0 Å². The fourth-order valence-corrected chi connectivity index (χ4v) is 11.3. The first-order chi connectivity index (χ1) is 40.2. The number of carbonyl (C=O) groups is 7. The molecule has 5 heterocycles. The van der Waals surface area contributed by atoms with Gasteiger partial charge in [-0.05, 0) is 90.8 Å². The third-order valence-electron chi connectivity index (χ3n) is 15.0. The summed E-state index contributed by atoms with van der Waals surface area (Å²) in [4.78, 5) is 99.8. The fraction of sp³-hybridized carbons (Fsp3) is 0.367. The van der Waals surface area contributed by atoms with Crippen LogP contribution in [-0.4, -0.2) is 146 Å². The quantitative estimate of drug-likeness (QED) is 0.0284. The van der Waals surface area contributed by atoms with Crippen LogP contribution in [0.3, 0.4) is 0 Å². The van der Waals surface area contributed by atoms with Gasteiger partial charge in [-0.15, -0.1) is 0 Å². The molecule has 9 rings (SSSR count).